The number of fused-ring (bicyclic) bond motifs is 1. The van der Waals surface area contributed by atoms with Crippen LogP contribution in [0.5, 0.6) is 11.5 Å². The minimum Gasteiger partial charge on any atom is -0.454 e. The molecule has 26 heavy (non-hydrogen) atoms. The zero-order chi connectivity index (χ0) is 17.5. The number of nitrogens with one attached hydrogen (secondary N) is 1. The van der Waals surface area contributed by atoms with Gasteiger partial charge in [-0.2, -0.15) is 4.98 Å². The van der Waals surface area contributed by atoms with Gasteiger partial charge < -0.3 is 19.3 Å². The third-order valence-corrected chi connectivity index (χ3v) is 4.38. The smallest absolute Gasteiger partial charge is 0.255 e. The summed E-state index contributed by atoms with van der Waals surface area (Å²) >= 11 is 0. The number of benzene rings is 2. The van der Waals surface area contributed by atoms with Gasteiger partial charge in [0.25, 0.3) is 5.91 Å². The highest BCUT2D eigenvalue weighted by Crippen LogP contribution is 2.39. The monoisotopic (exact) mass is 349 g/mol. The number of rotatable bonds is 4. The van der Waals surface area contributed by atoms with Crippen LogP contribution in [0.1, 0.15) is 35.0 Å². The SMILES string of the molecule is O=C(Nc1cccc(-c2noc(C3CC3)n2)c1)c1ccc2c(c1)OCO2. The van der Waals surface area contributed by atoms with E-state index in [4.69, 9.17) is 14.0 Å². The van der Waals surface area contributed by atoms with Gasteiger partial charge in [-0.15, -0.1) is 0 Å². The Labute approximate surface area is 148 Å². The fourth-order valence-corrected chi connectivity index (χ4v) is 2.83. The Balaban J connectivity index is 1.36. The van der Waals surface area contributed by atoms with Gasteiger partial charge >= 0.3 is 0 Å². The summed E-state index contributed by atoms with van der Waals surface area (Å²) in [6, 6.07) is 12.5. The van der Waals surface area contributed by atoms with Crippen molar-refractivity contribution in [2.24, 2.45) is 0 Å². The standard InChI is InChI=1S/C19H15N3O4/c23-18(13-6-7-15-16(9-13)25-10-24-15)20-14-3-1-2-12(8-14)17-21-19(26-22-17)11-4-5-11/h1-3,6-9,11H,4-5,10H2,(H,20,23). The quantitative estimate of drug-likeness (QED) is 0.774. The summed E-state index contributed by atoms with van der Waals surface area (Å²) in [5.74, 6) is 2.62. The molecule has 2 aromatic carbocycles. The summed E-state index contributed by atoms with van der Waals surface area (Å²) in [7, 11) is 0. The second-order valence-electron chi connectivity index (χ2n) is 6.33. The maximum absolute atomic E-state index is 12.5. The lowest BCUT2D eigenvalue weighted by atomic mass is 10.1. The molecule has 0 spiro atoms. The summed E-state index contributed by atoms with van der Waals surface area (Å²) in [5, 5.41) is 6.92. The van der Waals surface area contributed by atoms with E-state index in [1.54, 1.807) is 18.2 Å². The van der Waals surface area contributed by atoms with Crippen molar-refractivity contribution >= 4 is 11.6 Å². The van der Waals surface area contributed by atoms with Crippen molar-refractivity contribution in [1.29, 1.82) is 0 Å². The van der Waals surface area contributed by atoms with Crippen LogP contribution in [-0.2, 0) is 0 Å². The molecule has 0 radical (unpaired) electrons. The number of ether oxygens (including phenoxy) is 2. The van der Waals surface area contributed by atoms with E-state index in [0.717, 1.165) is 18.4 Å². The third-order valence-electron chi connectivity index (χ3n) is 4.38. The van der Waals surface area contributed by atoms with Crippen LogP contribution in [0.2, 0.25) is 0 Å². The molecule has 1 saturated carbocycles. The fourth-order valence-electron chi connectivity index (χ4n) is 2.83. The molecule has 1 aliphatic carbocycles. The number of hydrogen-bond donors (Lipinski definition) is 1. The summed E-state index contributed by atoms with van der Waals surface area (Å²) in [6.45, 7) is 0.177. The molecule has 7 nitrogen and oxygen atoms in total. The van der Waals surface area contributed by atoms with E-state index in [0.29, 0.717) is 40.4 Å². The molecule has 2 heterocycles. The van der Waals surface area contributed by atoms with Gasteiger partial charge in [0, 0.05) is 22.7 Å². The van der Waals surface area contributed by atoms with Crippen molar-refractivity contribution in [1.82, 2.24) is 10.1 Å². The van der Waals surface area contributed by atoms with Gasteiger partial charge in [-0.05, 0) is 43.2 Å². The van der Waals surface area contributed by atoms with Gasteiger partial charge in [0.05, 0.1) is 0 Å². The first-order valence-electron chi connectivity index (χ1n) is 8.41. The molecular formula is C19H15N3O4. The average molecular weight is 349 g/mol. The number of carbonyl (C=O) groups excluding carboxylic acids is 1. The molecule has 3 aromatic rings. The van der Waals surface area contributed by atoms with E-state index in [1.165, 1.54) is 0 Å². The van der Waals surface area contributed by atoms with Crippen LogP contribution < -0.4 is 14.8 Å². The number of hydrogen-bond acceptors (Lipinski definition) is 6. The van der Waals surface area contributed by atoms with Gasteiger partial charge in [-0.3, -0.25) is 4.79 Å². The van der Waals surface area contributed by atoms with Crippen LogP contribution >= 0.6 is 0 Å². The summed E-state index contributed by atoms with van der Waals surface area (Å²) in [4.78, 5) is 16.9. The van der Waals surface area contributed by atoms with Gasteiger partial charge in [0.2, 0.25) is 18.5 Å². The molecular weight excluding hydrogens is 334 g/mol. The molecule has 1 fully saturated rings. The predicted octanol–water partition coefficient (Wildman–Crippen LogP) is 3.60. The van der Waals surface area contributed by atoms with Crippen LogP contribution in [-0.4, -0.2) is 22.8 Å². The highest BCUT2D eigenvalue weighted by molar-refractivity contribution is 6.04. The van der Waals surface area contributed by atoms with Crippen LogP contribution in [0.15, 0.2) is 47.0 Å². The zero-order valence-corrected chi connectivity index (χ0v) is 13.8. The number of aromatic nitrogens is 2. The average Bonchev–Trinajstić information content (AvgIpc) is 3.20. The number of carbonyl (C=O) groups is 1. The molecule has 0 saturated heterocycles. The number of anilines is 1. The van der Waals surface area contributed by atoms with Crippen molar-refractivity contribution in [3.8, 4) is 22.9 Å². The van der Waals surface area contributed by atoms with E-state index in [1.807, 2.05) is 24.3 Å². The van der Waals surface area contributed by atoms with Crippen LogP contribution in [0.3, 0.4) is 0 Å². The molecule has 0 bridgehead atoms. The Morgan fingerprint density at radius 1 is 1.08 bits per heavy atom. The van der Waals surface area contributed by atoms with Crippen molar-refractivity contribution in [2.75, 3.05) is 12.1 Å². The molecule has 7 heteroatoms. The lowest BCUT2D eigenvalue weighted by Crippen LogP contribution is -2.11. The van der Waals surface area contributed by atoms with Crippen LogP contribution in [0, 0.1) is 0 Å². The predicted molar refractivity (Wildman–Crippen MR) is 92.2 cm³/mol. The highest BCUT2D eigenvalue weighted by Gasteiger charge is 2.29. The minimum atomic E-state index is -0.229. The molecule has 1 aromatic heterocycles. The normalized spacial score (nSPS) is 15.1. The van der Waals surface area contributed by atoms with E-state index in [-0.39, 0.29) is 12.7 Å². The Bertz CT molecular complexity index is 994. The first-order chi connectivity index (χ1) is 12.8. The van der Waals surface area contributed by atoms with Gasteiger partial charge in [0.15, 0.2) is 11.5 Å². The molecule has 0 unspecified atom stereocenters. The van der Waals surface area contributed by atoms with Crippen molar-refractivity contribution in [2.45, 2.75) is 18.8 Å². The lowest BCUT2D eigenvalue weighted by Gasteiger charge is -2.07. The molecule has 1 aliphatic heterocycles. The Kier molecular flexibility index (Phi) is 3.38. The largest absolute Gasteiger partial charge is 0.454 e. The van der Waals surface area contributed by atoms with Crippen LogP contribution in [0.25, 0.3) is 11.4 Å². The summed E-state index contributed by atoms with van der Waals surface area (Å²) < 4.78 is 15.9. The molecule has 1 amide bonds. The zero-order valence-electron chi connectivity index (χ0n) is 13.8. The molecule has 5 rings (SSSR count). The Morgan fingerprint density at radius 2 is 1.96 bits per heavy atom. The highest BCUT2D eigenvalue weighted by atomic mass is 16.7. The van der Waals surface area contributed by atoms with Gasteiger partial charge in [0.1, 0.15) is 0 Å². The maximum atomic E-state index is 12.5. The van der Waals surface area contributed by atoms with Crippen molar-refractivity contribution in [3.05, 3.63) is 53.9 Å². The second-order valence-corrected chi connectivity index (χ2v) is 6.33. The summed E-state index contributed by atoms with van der Waals surface area (Å²) in [6.07, 6.45) is 2.21. The lowest BCUT2D eigenvalue weighted by molar-refractivity contribution is 0.102. The van der Waals surface area contributed by atoms with Crippen molar-refractivity contribution < 1.29 is 18.8 Å². The fraction of sp³-hybridized carbons (Fsp3) is 0.211. The topological polar surface area (TPSA) is 86.5 Å². The number of nitrogens with zero attached hydrogens (tertiary/aromatic N) is 2. The van der Waals surface area contributed by atoms with Gasteiger partial charge in [-0.1, -0.05) is 17.3 Å². The van der Waals surface area contributed by atoms with Gasteiger partial charge in [-0.25, -0.2) is 0 Å². The first-order valence-corrected chi connectivity index (χ1v) is 8.41. The minimum absolute atomic E-state index is 0.177. The third kappa shape index (κ3) is 2.77. The van der Waals surface area contributed by atoms with E-state index >= 15 is 0 Å². The van der Waals surface area contributed by atoms with E-state index in [2.05, 4.69) is 15.5 Å². The molecule has 0 atom stereocenters. The second kappa shape index (κ2) is 5.87. The van der Waals surface area contributed by atoms with E-state index < -0.39 is 0 Å². The Morgan fingerprint density at radius 3 is 2.85 bits per heavy atom. The number of amides is 1. The molecule has 130 valence electrons. The van der Waals surface area contributed by atoms with Crippen LogP contribution in [0.4, 0.5) is 5.69 Å². The maximum Gasteiger partial charge on any atom is 0.255 e. The van der Waals surface area contributed by atoms with Crippen molar-refractivity contribution in [3.63, 3.8) is 0 Å². The van der Waals surface area contributed by atoms with E-state index in [9.17, 15) is 4.79 Å². The summed E-state index contributed by atoms with van der Waals surface area (Å²) in [5.41, 5.74) is 1.95. The Hall–Kier alpha value is -3.35. The first kappa shape index (κ1) is 14.9. The molecule has 2 aliphatic rings. The molecule has 1 N–H and O–H groups in total.